The highest BCUT2D eigenvalue weighted by Crippen LogP contribution is 2.34. The van der Waals surface area contributed by atoms with Crippen molar-refractivity contribution in [2.45, 2.75) is 13.3 Å². The standard InChI is InChI=1S/C17H16BrN3O/c1-11-9-21(5-4-12(11)10-22)17-13(7-19)8-20-16-6-14(18)2-3-15(16)17/h2-3,6,8,10-12H,4-5,9H2,1H3/t11-,12?/m1/s1. The Labute approximate surface area is 137 Å². The van der Waals surface area contributed by atoms with E-state index in [1.54, 1.807) is 6.20 Å². The maximum atomic E-state index is 11.1. The van der Waals surface area contributed by atoms with Gasteiger partial charge < -0.3 is 9.69 Å². The van der Waals surface area contributed by atoms with Crippen LogP contribution in [0.4, 0.5) is 5.69 Å². The van der Waals surface area contributed by atoms with Crippen LogP contribution in [-0.4, -0.2) is 24.4 Å². The molecule has 1 aromatic heterocycles. The largest absolute Gasteiger partial charge is 0.370 e. The summed E-state index contributed by atoms with van der Waals surface area (Å²) in [5.74, 6) is 0.403. The Morgan fingerprint density at radius 3 is 3.00 bits per heavy atom. The number of fused-ring (bicyclic) bond motifs is 1. The van der Waals surface area contributed by atoms with E-state index in [9.17, 15) is 10.1 Å². The number of nitriles is 1. The Bertz CT molecular complexity index is 768. The van der Waals surface area contributed by atoms with Gasteiger partial charge in [-0.2, -0.15) is 5.26 Å². The van der Waals surface area contributed by atoms with Gasteiger partial charge in [-0.3, -0.25) is 4.98 Å². The van der Waals surface area contributed by atoms with Gasteiger partial charge in [0.15, 0.2) is 0 Å². The van der Waals surface area contributed by atoms with Crippen molar-refractivity contribution in [1.29, 1.82) is 5.26 Å². The van der Waals surface area contributed by atoms with Crippen molar-refractivity contribution >= 4 is 38.8 Å². The second-order valence-electron chi connectivity index (χ2n) is 5.81. The van der Waals surface area contributed by atoms with E-state index in [1.807, 2.05) is 18.2 Å². The second-order valence-corrected chi connectivity index (χ2v) is 6.72. The Morgan fingerprint density at radius 1 is 1.50 bits per heavy atom. The number of aromatic nitrogens is 1. The molecule has 2 atom stereocenters. The predicted octanol–water partition coefficient (Wildman–Crippen LogP) is 3.53. The highest BCUT2D eigenvalue weighted by atomic mass is 79.9. The van der Waals surface area contributed by atoms with Crippen LogP contribution in [0, 0.1) is 23.2 Å². The highest BCUT2D eigenvalue weighted by Gasteiger charge is 2.28. The van der Waals surface area contributed by atoms with Crippen molar-refractivity contribution in [3.63, 3.8) is 0 Å². The van der Waals surface area contributed by atoms with Crippen LogP contribution < -0.4 is 4.90 Å². The fourth-order valence-corrected chi connectivity index (χ4v) is 3.49. The molecule has 2 heterocycles. The minimum atomic E-state index is 0.115. The number of hydrogen-bond acceptors (Lipinski definition) is 4. The summed E-state index contributed by atoms with van der Waals surface area (Å²) in [6.45, 7) is 3.67. The zero-order chi connectivity index (χ0) is 15.7. The molecule has 1 aliphatic rings. The van der Waals surface area contributed by atoms with Crippen LogP contribution in [0.2, 0.25) is 0 Å². The van der Waals surface area contributed by atoms with E-state index in [2.05, 4.69) is 38.8 Å². The number of rotatable bonds is 2. The number of halogens is 1. The molecule has 0 amide bonds. The van der Waals surface area contributed by atoms with Crippen LogP contribution in [0.5, 0.6) is 0 Å². The minimum absolute atomic E-state index is 0.115. The summed E-state index contributed by atoms with van der Waals surface area (Å²) in [5, 5.41) is 10.4. The van der Waals surface area contributed by atoms with E-state index >= 15 is 0 Å². The molecule has 112 valence electrons. The van der Waals surface area contributed by atoms with Gasteiger partial charge in [0.05, 0.1) is 16.8 Å². The first kappa shape index (κ1) is 15.0. The maximum absolute atomic E-state index is 11.1. The first-order chi connectivity index (χ1) is 10.6. The third kappa shape index (κ3) is 2.59. The van der Waals surface area contributed by atoms with E-state index in [0.717, 1.165) is 46.9 Å². The Morgan fingerprint density at radius 2 is 2.32 bits per heavy atom. The third-order valence-corrected chi connectivity index (χ3v) is 4.88. The average Bonchev–Trinajstić information content (AvgIpc) is 2.53. The molecule has 0 saturated carbocycles. The maximum Gasteiger partial charge on any atom is 0.123 e. The molecule has 5 heteroatoms. The summed E-state index contributed by atoms with van der Waals surface area (Å²) in [6.07, 6.45) is 3.53. The molecule has 22 heavy (non-hydrogen) atoms. The van der Waals surface area contributed by atoms with E-state index in [1.165, 1.54) is 0 Å². The van der Waals surface area contributed by atoms with Crippen LogP contribution >= 0.6 is 15.9 Å². The first-order valence-corrected chi connectivity index (χ1v) is 8.12. The minimum Gasteiger partial charge on any atom is -0.370 e. The summed E-state index contributed by atoms with van der Waals surface area (Å²) >= 11 is 3.46. The lowest BCUT2D eigenvalue weighted by Crippen LogP contribution is -2.40. The summed E-state index contributed by atoms with van der Waals surface area (Å²) < 4.78 is 0.969. The summed E-state index contributed by atoms with van der Waals surface area (Å²) in [4.78, 5) is 17.7. The molecule has 0 aliphatic carbocycles. The highest BCUT2D eigenvalue weighted by molar-refractivity contribution is 9.10. The third-order valence-electron chi connectivity index (χ3n) is 4.39. The van der Waals surface area contributed by atoms with Gasteiger partial charge >= 0.3 is 0 Å². The quantitative estimate of drug-likeness (QED) is 0.771. The van der Waals surface area contributed by atoms with Crippen LogP contribution in [0.25, 0.3) is 10.9 Å². The number of anilines is 1. The van der Waals surface area contributed by atoms with Crippen molar-refractivity contribution in [2.75, 3.05) is 18.0 Å². The number of carbonyl (C=O) groups is 1. The first-order valence-electron chi connectivity index (χ1n) is 7.32. The summed E-state index contributed by atoms with van der Waals surface area (Å²) in [5.41, 5.74) is 2.40. The van der Waals surface area contributed by atoms with Crippen molar-refractivity contribution in [2.24, 2.45) is 11.8 Å². The van der Waals surface area contributed by atoms with Crippen LogP contribution in [-0.2, 0) is 4.79 Å². The number of hydrogen-bond donors (Lipinski definition) is 0. The molecule has 1 saturated heterocycles. The van der Waals surface area contributed by atoms with E-state index in [0.29, 0.717) is 5.56 Å². The average molecular weight is 358 g/mol. The molecule has 4 nitrogen and oxygen atoms in total. The van der Waals surface area contributed by atoms with Gasteiger partial charge in [-0.25, -0.2) is 0 Å². The van der Waals surface area contributed by atoms with Crippen molar-refractivity contribution in [3.05, 3.63) is 34.4 Å². The normalized spacial score (nSPS) is 21.6. The number of piperidine rings is 1. The molecule has 0 spiro atoms. The smallest absolute Gasteiger partial charge is 0.123 e. The van der Waals surface area contributed by atoms with Gasteiger partial charge in [0, 0.05) is 35.1 Å². The van der Waals surface area contributed by atoms with Gasteiger partial charge in [-0.15, -0.1) is 0 Å². The lowest BCUT2D eigenvalue weighted by Gasteiger charge is -2.37. The zero-order valence-corrected chi connectivity index (χ0v) is 13.9. The van der Waals surface area contributed by atoms with Gasteiger partial charge in [0.2, 0.25) is 0 Å². The number of aldehydes is 1. The van der Waals surface area contributed by atoms with Crippen molar-refractivity contribution in [1.82, 2.24) is 4.98 Å². The van der Waals surface area contributed by atoms with E-state index in [4.69, 9.17) is 0 Å². The van der Waals surface area contributed by atoms with Crippen molar-refractivity contribution in [3.8, 4) is 6.07 Å². The molecular weight excluding hydrogens is 342 g/mol. The van der Waals surface area contributed by atoms with Crippen molar-refractivity contribution < 1.29 is 4.79 Å². The van der Waals surface area contributed by atoms with E-state index in [-0.39, 0.29) is 11.8 Å². The van der Waals surface area contributed by atoms with Gasteiger partial charge in [0.1, 0.15) is 12.4 Å². The predicted molar refractivity (Wildman–Crippen MR) is 89.7 cm³/mol. The monoisotopic (exact) mass is 357 g/mol. The molecule has 2 aromatic rings. The lowest BCUT2D eigenvalue weighted by atomic mass is 9.87. The topological polar surface area (TPSA) is 57.0 Å². The fourth-order valence-electron chi connectivity index (χ4n) is 3.14. The molecule has 1 unspecified atom stereocenters. The molecule has 0 radical (unpaired) electrons. The van der Waals surface area contributed by atoms with Crippen LogP contribution in [0.15, 0.2) is 28.9 Å². The van der Waals surface area contributed by atoms with Crippen LogP contribution in [0.3, 0.4) is 0 Å². The molecule has 1 aromatic carbocycles. The lowest BCUT2D eigenvalue weighted by molar-refractivity contribution is -0.112. The second kappa shape index (κ2) is 6.05. The molecular formula is C17H16BrN3O. The summed E-state index contributed by atoms with van der Waals surface area (Å²) in [7, 11) is 0. The Hall–Kier alpha value is -1.93. The number of nitrogens with zero attached hydrogens (tertiary/aromatic N) is 3. The fraction of sp³-hybridized carbons (Fsp3) is 0.353. The SMILES string of the molecule is C[C@@H]1CN(c2c(C#N)cnc3cc(Br)ccc23)CCC1C=O. The number of pyridine rings is 1. The van der Waals surface area contributed by atoms with Gasteiger partial charge in [-0.1, -0.05) is 22.9 Å². The Balaban J connectivity index is 2.09. The molecule has 1 fully saturated rings. The van der Waals surface area contributed by atoms with Gasteiger partial charge in [0.25, 0.3) is 0 Å². The van der Waals surface area contributed by atoms with Crippen LogP contribution in [0.1, 0.15) is 18.9 Å². The molecule has 1 aliphatic heterocycles. The number of benzene rings is 1. The zero-order valence-electron chi connectivity index (χ0n) is 12.3. The molecule has 3 rings (SSSR count). The Kier molecular flexibility index (Phi) is 4.12. The van der Waals surface area contributed by atoms with E-state index < -0.39 is 0 Å². The molecule has 0 N–H and O–H groups in total. The number of carbonyl (C=O) groups excluding carboxylic acids is 1. The summed E-state index contributed by atoms with van der Waals surface area (Å²) in [6, 6.07) is 8.18. The molecule has 0 bridgehead atoms. The van der Waals surface area contributed by atoms with Gasteiger partial charge in [-0.05, 0) is 30.5 Å².